The van der Waals surface area contributed by atoms with Gasteiger partial charge in [0.2, 0.25) is 11.8 Å². The van der Waals surface area contributed by atoms with Crippen LogP contribution in [0.1, 0.15) is 13.3 Å². The number of aliphatic carboxylic acids is 1. The first-order valence-electron chi connectivity index (χ1n) is 5.66. The number of amides is 2. The molecule has 0 saturated heterocycles. The van der Waals surface area contributed by atoms with Crippen LogP contribution in [0.3, 0.4) is 0 Å². The lowest BCUT2D eigenvalue weighted by Crippen LogP contribution is -2.41. The molecule has 6 nitrogen and oxygen atoms in total. The predicted octanol–water partition coefficient (Wildman–Crippen LogP) is 0.131. The smallest absolute Gasteiger partial charge is 0.313 e. The van der Waals surface area contributed by atoms with E-state index in [0.29, 0.717) is 6.54 Å². The Morgan fingerprint density at radius 3 is 2.17 bits per heavy atom. The maximum absolute atomic E-state index is 11.8. The Kier molecular flexibility index (Phi) is 8.19. The van der Waals surface area contributed by atoms with Crippen LogP contribution >= 0.6 is 11.8 Å². The maximum Gasteiger partial charge on any atom is 0.313 e. The highest BCUT2D eigenvalue weighted by Gasteiger charge is 2.17. The van der Waals surface area contributed by atoms with Crippen LogP contribution in [0, 0.1) is 0 Å². The summed E-state index contributed by atoms with van der Waals surface area (Å²) in [6.07, 6.45) is 0.760. The summed E-state index contributed by atoms with van der Waals surface area (Å²) in [5.74, 6) is -1.29. The average molecular weight is 276 g/mol. The monoisotopic (exact) mass is 276 g/mol. The summed E-state index contributed by atoms with van der Waals surface area (Å²) >= 11 is 1.04. The first-order chi connectivity index (χ1) is 8.38. The van der Waals surface area contributed by atoms with Crippen molar-refractivity contribution in [2.24, 2.45) is 0 Å². The number of thioether (sulfide) groups is 1. The Labute approximate surface area is 111 Å². The van der Waals surface area contributed by atoms with E-state index >= 15 is 0 Å². The zero-order chi connectivity index (χ0) is 14.1. The van der Waals surface area contributed by atoms with Crippen molar-refractivity contribution in [3.63, 3.8) is 0 Å². The van der Waals surface area contributed by atoms with Crippen molar-refractivity contribution >= 4 is 29.5 Å². The van der Waals surface area contributed by atoms with Gasteiger partial charge in [0, 0.05) is 20.6 Å². The molecular weight excluding hydrogens is 256 g/mol. The van der Waals surface area contributed by atoms with E-state index in [2.05, 4.69) is 0 Å². The molecule has 0 heterocycles. The van der Waals surface area contributed by atoms with E-state index in [-0.39, 0.29) is 29.9 Å². The van der Waals surface area contributed by atoms with Crippen LogP contribution < -0.4 is 0 Å². The average Bonchev–Trinajstić information content (AvgIpc) is 2.27. The van der Waals surface area contributed by atoms with Crippen LogP contribution in [0.15, 0.2) is 0 Å². The number of hydrogen-bond donors (Lipinski definition) is 1. The van der Waals surface area contributed by atoms with Gasteiger partial charge in [0.15, 0.2) is 0 Å². The van der Waals surface area contributed by atoms with Crippen molar-refractivity contribution in [3.8, 4) is 0 Å². The number of likely N-dealkylation sites (N-methyl/N-ethyl adjacent to an activating group) is 1. The van der Waals surface area contributed by atoms with Crippen LogP contribution in [0.25, 0.3) is 0 Å². The summed E-state index contributed by atoms with van der Waals surface area (Å²) < 4.78 is 0. The van der Waals surface area contributed by atoms with Gasteiger partial charge in [0.1, 0.15) is 0 Å². The third-order valence-electron chi connectivity index (χ3n) is 2.12. The maximum atomic E-state index is 11.8. The third-order valence-corrected chi connectivity index (χ3v) is 3.02. The highest BCUT2D eigenvalue weighted by Crippen LogP contribution is 2.04. The minimum absolute atomic E-state index is 0.0489. The molecule has 1 N–H and O–H groups in total. The van der Waals surface area contributed by atoms with E-state index in [1.165, 1.54) is 9.80 Å². The van der Waals surface area contributed by atoms with E-state index in [1.807, 2.05) is 6.92 Å². The van der Waals surface area contributed by atoms with Crippen LogP contribution in [0.5, 0.6) is 0 Å². The van der Waals surface area contributed by atoms with Gasteiger partial charge in [-0.15, -0.1) is 11.8 Å². The molecule has 0 aliphatic rings. The number of hydrogen-bond acceptors (Lipinski definition) is 4. The molecule has 0 saturated carbocycles. The van der Waals surface area contributed by atoms with Gasteiger partial charge in [-0.1, -0.05) is 6.92 Å². The predicted molar refractivity (Wildman–Crippen MR) is 70.5 cm³/mol. The third kappa shape index (κ3) is 7.16. The van der Waals surface area contributed by atoms with Crippen molar-refractivity contribution < 1.29 is 19.5 Å². The number of carbonyl (C=O) groups excluding carboxylic acids is 2. The van der Waals surface area contributed by atoms with Crippen molar-refractivity contribution in [2.75, 3.05) is 38.7 Å². The molecule has 0 radical (unpaired) electrons. The second-order valence-electron chi connectivity index (χ2n) is 3.99. The molecule has 0 aromatic rings. The highest BCUT2D eigenvalue weighted by atomic mass is 32.2. The minimum Gasteiger partial charge on any atom is -0.481 e. The second-order valence-corrected chi connectivity index (χ2v) is 4.98. The summed E-state index contributed by atoms with van der Waals surface area (Å²) in [4.78, 5) is 36.6. The lowest BCUT2D eigenvalue weighted by atomic mass is 10.3. The molecule has 18 heavy (non-hydrogen) atoms. The molecular formula is C11H20N2O4S. The molecule has 104 valence electrons. The summed E-state index contributed by atoms with van der Waals surface area (Å²) in [5.41, 5.74) is 0. The van der Waals surface area contributed by atoms with Crippen LogP contribution in [-0.2, 0) is 14.4 Å². The number of rotatable bonds is 8. The minimum atomic E-state index is -0.945. The van der Waals surface area contributed by atoms with Crippen LogP contribution in [0.4, 0.5) is 0 Å². The van der Waals surface area contributed by atoms with Gasteiger partial charge in [0.05, 0.1) is 18.1 Å². The lowest BCUT2D eigenvalue weighted by molar-refractivity contribution is -0.137. The first-order valence-corrected chi connectivity index (χ1v) is 6.81. The zero-order valence-corrected chi connectivity index (χ0v) is 11.8. The van der Waals surface area contributed by atoms with Gasteiger partial charge in [-0.3, -0.25) is 14.4 Å². The number of nitrogens with zero attached hydrogens (tertiary/aromatic N) is 2. The largest absolute Gasteiger partial charge is 0.481 e. The zero-order valence-electron chi connectivity index (χ0n) is 11.0. The fourth-order valence-electron chi connectivity index (χ4n) is 1.18. The van der Waals surface area contributed by atoms with Crippen molar-refractivity contribution in [2.45, 2.75) is 13.3 Å². The molecule has 0 bridgehead atoms. The quantitative estimate of drug-likeness (QED) is 0.682. The molecule has 0 rings (SSSR count). The molecule has 0 aliphatic carbocycles. The molecule has 0 aromatic carbocycles. The van der Waals surface area contributed by atoms with E-state index in [4.69, 9.17) is 5.11 Å². The summed E-state index contributed by atoms with van der Waals surface area (Å²) in [5, 5.41) is 8.48. The molecule has 0 atom stereocenters. The molecule has 0 aliphatic heterocycles. The molecule has 7 heteroatoms. The lowest BCUT2D eigenvalue weighted by Gasteiger charge is -2.23. The Balaban J connectivity index is 4.26. The van der Waals surface area contributed by atoms with Gasteiger partial charge in [-0.05, 0) is 6.42 Å². The Morgan fingerprint density at radius 1 is 1.11 bits per heavy atom. The van der Waals surface area contributed by atoms with Gasteiger partial charge in [0.25, 0.3) is 0 Å². The van der Waals surface area contributed by atoms with Crippen molar-refractivity contribution in [1.29, 1.82) is 0 Å². The van der Waals surface area contributed by atoms with Gasteiger partial charge in [-0.2, -0.15) is 0 Å². The van der Waals surface area contributed by atoms with Crippen molar-refractivity contribution in [3.05, 3.63) is 0 Å². The van der Waals surface area contributed by atoms with E-state index in [9.17, 15) is 14.4 Å². The Hall–Kier alpha value is -1.24. The van der Waals surface area contributed by atoms with Crippen LogP contribution in [-0.4, -0.2) is 71.4 Å². The SMILES string of the molecule is CCCN(CC(=O)N(C)C)C(=O)CSCC(=O)O. The Morgan fingerprint density at radius 2 is 1.72 bits per heavy atom. The number of carboxylic acids is 1. The number of carbonyl (C=O) groups is 3. The standard InChI is InChI=1S/C11H20N2O4S/c1-4-5-13(6-9(14)12(2)3)10(15)7-18-8-11(16)17/h4-8H2,1-3H3,(H,16,17). The van der Waals surface area contributed by atoms with E-state index < -0.39 is 5.97 Å². The molecule has 0 fully saturated rings. The van der Waals surface area contributed by atoms with Gasteiger partial charge in [-0.25, -0.2) is 0 Å². The second kappa shape index (κ2) is 8.79. The molecule has 0 unspecified atom stereocenters. The highest BCUT2D eigenvalue weighted by molar-refractivity contribution is 8.00. The molecule has 0 aromatic heterocycles. The normalized spacial score (nSPS) is 9.94. The van der Waals surface area contributed by atoms with E-state index in [1.54, 1.807) is 14.1 Å². The van der Waals surface area contributed by atoms with E-state index in [0.717, 1.165) is 18.2 Å². The topological polar surface area (TPSA) is 77.9 Å². The summed E-state index contributed by atoms with van der Waals surface area (Å²) in [7, 11) is 3.27. The summed E-state index contributed by atoms with van der Waals surface area (Å²) in [6.45, 7) is 2.48. The molecule has 0 spiro atoms. The molecule has 2 amide bonds. The first kappa shape index (κ1) is 16.8. The fourth-order valence-corrected chi connectivity index (χ4v) is 1.82. The van der Waals surface area contributed by atoms with Crippen LogP contribution in [0.2, 0.25) is 0 Å². The fraction of sp³-hybridized carbons (Fsp3) is 0.727. The number of carboxylic acid groups (broad SMARTS) is 1. The van der Waals surface area contributed by atoms with Gasteiger partial charge < -0.3 is 14.9 Å². The Bertz CT molecular complexity index is 307. The summed E-state index contributed by atoms with van der Waals surface area (Å²) in [6, 6.07) is 0. The van der Waals surface area contributed by atoms with Crippen molar-refractivity contribution in [1.82, 2.24) is 9.80 Å². The van der Waals surface area contributed by atoms with Gasteiger partial charge >= 0.3 is 5.97 Å².